The molecule has 0 spiro atoms. The van der Waals surface area contributed by atoms with Crippen LogP contribution in [0.25, 0.3) is 12.2 Å². The molecule has 0 atom stereocenters. The Bertz CT molecular complexity index is 1100. The molecule has 0 unspecified atom stereocenters. The van der Waals surface area contributed by atoms with Crippen molar-refractivity contribution in [2.45, 2.75) is 103 Å². The molecular weight excluding hydrogens is 516 g/mol. The summed E-state index contributed by atoms with van der Waals surface area (Å²) < 4.78 is 28.7. The van der Waals surface area contributed by atoms with Gasteiger partial charge in [-0.1, -0.05) is 127 Å². The molecule has 1 amide bonds. The second-order valence-corrected chi connectivity index (χ2v) is 11.3. The molecule has 2 aromatic carbocycles. The van der Waals surface area contributed by atoms with Crippen molar-refractivity contribution in [2.24, 2.45) is 0 Å². The summed E-state index contributed by atoms with van der Waals surface area (Å²) in [6, 6.07) is 12.5. The summed E-state index contributed by atoms with van der Waals surface area (Å²) in [6.07, 6.45) is 21.0. The van der Waals surface area contributed by atoms with Crippen LogP contribution in [0.3, 0.4) is 0 Å². The van der Waals surface area contributed by atoms with Crippen LogP contribution in [0.15, 0.2) is 59.7 Å². The van der Waals surface area contributed by atoms with E-state index in [0.717, 1.165) is 19.3 Å². The third-order valence-electron chi connectivity index (χ3n) is 7.87. The average Bonchev–Trinajstić information content (AvgIpc) is 2.97. The number of benzene rings is 2. The number of hydrogen-bond donors (Lipinski definition) is 0. The summed E-state index contributed by atoms with van der Waals surface area (Å²) in [5, 5.41) is 0. The maximum atomic E-state index is 14.3. The van der Waals surface area contributed by atoms with Crippen LogP contribution in [-0.4, -0.2) is 29.7 Å². The van der Waals surface area contributed by atoms with Crippen molar-refractivity contribution >= 4 is 23.8 Å². The first-order valence-corrected chi connectivity index (χ1v) is 15.7. The number of amides is 1. The number of nitrogens with zero attached hydrogens (tertiary/aromatic N) is 1. The number of rotatable bonds is 17. The van der Waals surface area contributed by atoms with Gasteiger partial charge in [0.15, 0.2) is 5.78 Å². The van der Waals surface area contributed by atoms with Crippen LogP contribution >= 0.6 is 0 Å². The number of carbonyl (C=O) groups is 2. The lowest BCUT2D eigenvalue weighted by molar-refractivity contribution is -0.131. The zero-order chi connectivity index (χ0) is 29.3. The first-order chi connectivity index (χ1) is 20.0. The van der Waals surface area contributed by atoms with E-state index in [0.29, 0.717) is 28.7 Å². The molecular formula is C36H47F2NO2. The van der Waals surface area contributed by atoms with Gasteiger partial charge in [-0.2, -0.15) is 0 Å². The van der Waals surface area contributed by atoms with Gasteiger partial charge in [-0.15, -0.1) is 0 Å². The fraction of sp³-hybridized carbons (Fsp3) is 0.500. The Hall–Kier alpha value is -3.08. The number of hydrogen-bond acceptors (Lipinski definition) is 2. The summed E-state index contributed by atoms with van der Waals surface area (Å²) >= 11 is 0. The van der Waals surface area contributed by atoms with E-state index in [1.165, 1.54) is 94.9 Å². The van der Waals surface area contributed by atoms with Gasteiger partial charge in [0.2, 0.25) is 5.91 Å². The minimum Gasteiger partial charge on any atom is -0.334 e. The van der Waals surface area contributed by atoms with Crippen molar-refractivity contribution in [2.75, 3.05) is 13.1 Å². The van der Waals surface area contributed by atoms with E-state index >= 15 is 0 Å². The van der Waals surface area contributed by atoms with Gasteiger partial charge >= 0.3 is 0 Å². The lowest BCUT2D eigenvalue weighted by Crippen LogP contribution is -2.41. The van der Waals surface area contributed by atoms with E-state index in [-0.39, 0.29) is 24.8 Å². The van der Waals surface area contributed by atoms with Gasteiger partial charge in [-0.25, -0.2) is 8.78 Å². The van der Waals surface area contributed by atoms with E-state index in [9.17, 15) is 18.4 Å². The van der Waals surface area contributed by atoms with Gasteiger partial charge in [0.05, 0.1) is 0 Å². The Morgan fingerprint density at radius 2 is 1.05 bits per heavy atom. The molecule has 0 bridgehead atoms. The highest BCUT2D eigenvalue weighted by atomic mass is 19.1. The Labute approximate surface area is 245 Å². The summed E-state index contributed by atoms with van der Waals surface area (Å²) in [5.74, 6) is -1.18. The number of Topliss-reactive ketones (excluding diaryl/α,β-unsaturated/α-hetero) is 1. The first kappa shape index (κ1) is 32.4. The molecule has 1 aliphatic rings. The predicted molar refractivity (Wildman–Crippen MR) is 165 cm³/mol. The van der Waals surface area contributed by atoms with E-state index in [2.05, 4.69) is 6.92 Å². The number of halogens is 2. The van der Waals surface area contributed by atoms with Crippen LogP contribution in [0, 0.1) is 11.6 Å². The largest absolute Gasteiger partial charge is 0.334 e. The van der Waals surface area contributed by atoms with Gasteiger partial charge in [0.25, 0.3) is 0 Å². The van der Waals surface area contributed by atoms with Crippen molar-refractivity contribution in [3.05, 3.63) is 82.4 Å². The number of ketones is 1. The molecule has 3 rings (SSSR count). The monoisotopic (exact) mass is 563 g/mol. The number of likely N-dealkylation sites (tertiary alicyclic amines) is 1. The second kappa shape index (κ2) is 18.4. The highest BCUT2D eigenvalue weighted by molar-refractivity contribution is 6.15. The summed E-state index contributed by atoms with van der Waals surface area (Å²) in [7, 11) is 0. The molecule has 1 fully saturated rings. The zero-order valence-corrected chi connectivity index (χ0v) is 24.8. The fourth-order valence-electron chi connectivity index (χ4n) is 5.40. The molecule has 0 saturated carbocycles. The normalized spacial score (nSPS) is 15.7. The predicted octanol–water partition coefficient (Wildman–Crippen LogP) is 9.71. The van der Waals surface area contributed by atoms with E-state index in [1.807, 2.05) is 0 Å². The summed E-state index contributed by atoms with van der Waals surface area (Å²) in [4.78, 5) is 28.1. The number of piperidine rings is 1. The number of carbonyl (C=O) groups excluding carboxylic acids is 2. The quantitative estimate of drug-likeness (QED) is 0.142. The highest BCUT2D eigenvalue weighted by Crippen LogP contribution is 2.25. The van der Waals surface area contributed by atoms with Crippen LogP contribution in [0.5, 0.6) is 0 Å². The molecule has 0 aromatic heterocycles. The molecule has 222 valence electrons. The molecule has 1 aliphatic heterocycles. The summed E-state index contributed by atoms with van der Waals surface area (Å²) in [5.41, 5.74) is 1.25. The molecule has 0 radical (unpaired) electrons. The molecule has 0 N–H and O–H groups in total. The molecule has 41 heavy (non-hydrogen) atoms. The maximum Gasteiger partial charge on any atom is 0.223 e. The third kappa shape index (κ3) is 11.4. The van der Waals surface area contributed by atoms with Gasteiger partial charge in [-0.3, -0.25) is 9.59 Å². The average molecular weight is 564 g/mol. The SMILES string of the molecule is CCCCCCCCCCCCCCCCC(=O)N1C/C(=C\c2ccccc2F)C(=O)/C(=C/c2ccccc2F)C1. The fourth-order valence-corrected chi connectivity index (χ4v) is 5.40. The van der Waals surface area contributed by atoms with Crippen molar-refractivity contribution in [1.82, 2.24) is 4.90 Å². The highest BCUT2D eigenvalue weighted by Gasteiger charge is 2.29. The van der Waals surface area contributed by atoms with Crippen molar-refractivity contribution in [3.8, 4) is 0 Å². The Morgan fingerprint density at radius 1 is 0.659 bits per heavy atom. The van der Waals surface area contributed by atoms with Gasteiger partial charge in [0.1, 0.15) is 11.6 Å². The lowest BCUT2D eigenvalue weighted by Gasteiger charge is -2.30. The second-order valence-electron chi connectivity index (χ2n) is 11.3. The Kier molecular flexibility index (Phi) is 14.5. The van der Waals surface area contributed by atoms with Crippen molar-refractivity contribution in [1.29, 1.82) is 0 Å². The third-order valence-corrected chi connectivity index (χ3v) is 7.87. The minimum absolute atomic E-state index is 0.0321. The van der Waals surface area contributed by atoms with Gasteiger partial charge < -0.3 is 4.90 Å². The van der Waals surface area contributed by atoms with Crippen LogP contribution in [0.4, 0.5) is 8.78 Å². The van der Waals surface area contributed by atoms with E-state index < -0.39 is 11.6 Å². The molecule has 2 aromatic rings. The van der Waals surface area contributed by atoms with E-state index in [4.69, 9.17) is 0 Å². The van der Waals surface area contributed by atoms with Crippen LogP contribution < -0.4 is 0 Å². The Balaban J connectivity index is 1.48. The van der Waals surface area contributed by atoms with E-state index in [1.54, 1.807) is 41.3 Å². The molecule has 1 saturated heterocycles. The standard InChI is InChI=1S/C36H47F2NO2/c1-2-3-4-5-6-7-8-9-10-11-12-13-14-15-24-35(40)39-27-31(25-29-20-16-18-22-33(29)37)36(41)32(28-39)26-30-21-17-19-23-34(30)38/h16-23,25-26H,2-15,24,27-28H2,1H3/b31-25+,32-26+. The minimum atomic E-state index is -0.432. The van der Waals surface area contributed by atoms with Crippen LogP contribution in [0.1, 0.15) is 114 Å². The van der Waals surface area contributed by atoms with Crippen LogP contribution in [0.2, 0.25) is 0 Å². The Morgan fingerprint density at radius 3 is 1.46 bits per heavy atom. The first-order valence-electron chi connectivity index (χ1n) is 15.7. The lowest BCUT2D eigenvalue weighted by atomic mass is 9.93. The molecule has 1 heterocycles. The van der Waals surface area contributed by atoms with Gasteiger partial charge in [0, 0.05) is 41.8 Å². The maximum absolute atomic E-state index is 14.3. The van der Waals surface area contributed by atoms with Crippen molar-refractivity contribution in [3.63, 3.8) is 0 Å². The number of unbranched alkanes of at least 4 members (excludes halogenated alkanes) is 13. The topological polar surface area (TPSA) is 37.4 Å². The van der Waals surface area contributed by atoms with Gasteiger partial charge in [-0.05, 0) is 30.7 Å². The molecule has 3 nitrogen and oxygen atoms in total. The van der Waals surface area contributed by atoms with Crippen molar-refractivity contribution < 1.29 is 18.4 Å². The molecule has 5 heteroatoms. The summed E-state index contributed by atoms with van der Waals surface area (Å²) in [6.45, 7) is 2.50. The molecule has 0 aliphatic carbocycles. The van der Waals surface area contributed by atoms with Crippen LogP contribution in [-0.2, 0) is 9.59 Å². The zero-order valence-electron chi connectivity index (χ0n) is 24.8. The smallest absolute Gasteiger partial charge is 0.223 e.